The van der Waals surface area contributed by atoms with Crippen LogP contribution in [-0.4, -0.2) is 24.4 Å². The van der Waals surface area contributed by atoms with E-state index in [1.54, 1.807) is 20.4 Å². The predicted molar refractivity (Wildman–Crippen MR) is 86.9 cm³/mol. The van der Waals surface area contributed by atoms with Crippen LogP contribution in [0, 0.1) is 0 Å². The van der Waals surface area contributed by atoms with Gasteiger partial charge in [-0.3, -0.25) is 5.10 Å². The lowest BCUT2D eigenvalue weighted by molar-refractivity contribution is 0.395. The predicted octanol–water partition coefficient (Wildman–Crippen LogP) is 3.84. The summed E-state index contributed by atoms with van der Waals surface area (Å²) in [5.41, 5.74) is 3.94. The van der Waals surface area contributed by atoms with Crippen LogP contribution in [0.25, 0.3) is 11.1 Å². The maximum absolute atomic E-state index is 5.43. The Balaban J connectivity index is 1.97. The molecular weight excluding hydrogens is 278 g/mol. The first-order valence-electron chi connectivity index (χ1n) is 6.89. The van der Waals surface area contributed by atoms with Crippen molar-refractivity contribution < 1.29 is 9.47 Å². The van der Waals surface area contributed by atoms with Crippen molar-refractivity contribution in [2.45, 2.75) is 0 Å². The number of benzene rings is 2. The molecule has 1 aromatic heterocycles. The fourth-order valence-electron chi connectivity index (χ4n) is 2.29. The van der Waals surface area contributed by atoms with E-state index in [1.807, 2.05) is 48.7 Å². The number of para-hydroxylation sites is 1. The summed E-state index contributed by atoms with van der Waals surface area (Å²) in [5, 5.41) is 10.3. The fourth-order valence-corrected chi connectivity index (χ4v) is 2.29. The van der Waals surface area contributed by atoms with E-state index in [4.69, 9.17) is 9.47 Å². The third-order valence-corrected chi connectivity index (χ3v) is 3.41. The molecule has 5 nitrogen and oxygen atoms in total. The first-order valence-corrected chi connectivity index (χ1v) is 6.89. The Kier molecular flexibility index (Phi) is 3.96. The van der Waals surface area contributed by atoms with E-state index < -0.39 is 0 Å². The molecule has 0 bridgehead atoms. The Morgan fingerprint density at radius 3 is 2.59 bits per heavy atom. The topological polar surface area (TPSA) is 59.2 Å². The Morgan fingerprint density at radius 2 is 1.86 bits per heavy atom. The summed E-state index contributed by atoms with van der Waals surface area (Å²) in [6.45, 7) is 0. The monoisotopic (exact) mass is 295 g/mol. The number of hydrogen-bond donors (Lipinski definition) is 2. The van der Waals surface area contributed by atoms with Crippen LogP contribution >= 0.6 is 0 Å². The quantitative estimate of drug-likeness (QED) is 0.751. The highest BCUT2D eigenvalue weighted by Crippen LogP contribution is 2.35. The summed E-state index contributed by atoms with van der Waals surface area (Å²) in [4.78, 5) is 0. The van der Waals surface area contributed by atoms with Gasteiger partial charge >= 0.3 is 0 Å². The Labute approximate surface area is 128 Å². The van der Waals surface area contributed by atoms with Crippen LogP contribution in [-0.2, 0) is 0 Å². The molecule has 0 aliphatic heterocycles. The molecule has 22 heavy (non-hydrogen) atoms. The van der Waals surface area contributed by atoms with Crippen LogP contribution in [0.3, 0.4) is 0 Å². The zero-order valence-electron chi connectivity index (χ0n) is 12.5. The summed E-state index contributed by atoms with van der Waals surface area (Å²) < 4.78 is 10.7. The number of hydrogen-bond acceptors (Lipinski definition) is 4. The standard InChI is InChI=1S/C17H17N3O2/c1-21-13-7-8-16(17(9-13)22-2)20-15-6-4-3-5-14(15)12-10-18-19-11-12/h3-11,20H,1-2H3,(H,18,19). The summed E-state index contributed by atoms with van der Waals surface area (Å²) in [6, 6.07) is 13.7. The van der Waals surface area contributed by atoms with Gasteiger partial charge in [-0.05, 0) is 18.2 Å². The van der Waals surface area contributed by atoms with Crippen LogP contribution in [0.4, 0.5) is 11.4 Å². The third kappa shape index (κ3) is 2.74. The minimum Gasteiger partial charge on any atom is -0.497 e. The van der Waals surface area contributed by atoms with Crippen LogP contribution in [0.5, 0.6) is 11.5 Å². The van der Waals surface area contributed by atoms with Crippen molar-refractivity contribution in [3.8, 4) is 22.6 Å². The molecule has 0 fully saturated rings. The molecule has 1 heterocycles. The van der Waals surface area contributed by atoms with E-state index in [0.29, 0.717) is 0 Å². The lowest BCUT2D eigenvalue weighted by Crippen LogP contribution is -1.97. The highest BCUT2D eigenvalue weighted by atomic mass is 16.5. The van der Waals surface area contributed by atoms with Gasteiger partial charge in [0.15, 0.2) is 0 Å². The number of H-pyrrole nitrogens is 1. The molecule has 0 spiro atoms. The third-order valence-electron chi connectivity index (χ3n) is 3.41. The molecule has 3 rings (SSSR count). The van der Waals surface area contributed by atoms with Gasteiger partial charge in [0.25, 0.3) is 0 Å². The molecule has 112 valence electrons. The SMILES string of the molecule is COc1ccc(Nc2ccccc2-c2cn[nH]c2)c(OC)c1. The van der Waals surface area contributed by atoms with Gasteiger partial charge in [-0.1, -0.05) is 18.2 Å². The average molecular weight is 295 g/mol. The van der Waals surface area contributed by atoms with Crippen molar-refractivity contribution >= 4 is 11.4 Å². The molecule has 0 saturated carbocycles. The first-order chi connectivity index (χ1) is 10.8. The van der Waals surface area contributed by atoms with Gasteiger partial charge in [-0.15, -0.1) is 0 Å². The lowest BCUT2D eigenvalue weighted by atomic mass is 10.1. The minimum absolute atomic E-state index is 0.723. The maximum Gasteiger partial charge on any atom is 0.145 e. The van der Waals surface area contributed by atoms with E-state index in [9.17, 15) is 0 Å². The second-order valence-corrected chi connectivity index (χ2v) is 4.72. The van der Waals surface area contributed by atoms with Gasteiger partial charge in [0, 0.05) is 29.1 Å². The van der Waals surface area contributed by atoms with E-state index in [1.165, 1.54) is 0 Å². The van der Waals surface area contributed by atoms with Gasteiger partial charge in [0.1, 0.15) is 11.5 Å². The van der Waals surface area contributed by atoms with Crippen molar-refractivity contribution in [2.75, 3.05) is 19.5 Å². The molecule has 0 radical (unpaired) electrons. The molecule has 0 amide bonds. The number of rotatable bonds is 5. The van der Waals surface area contributed by atoms with Gasteiger partial charge in [-0.2, -0.15) is 5.10 Å². The Bertz CT molecular complexity index is 754. The summed E-state index contributed by atoms with van der Waals surface area (Å²) in [6.07, 6.45) is 3.66. The van der Waals surface area contributed by atoms with Crippen LogP contribution in [0.2, 0.25) is 0 Å². The number of methoxy groups -OCH3 is 2. The molecule has 0 atom stereocenters. The normalized spacial score (nSPS) is 10.3. The lowest BCUT2D eigenvalue weighted by Gasteiger charge is -2.14. The Hall–Kier alpha value is -2.95. The van der Waals surface area contributed by atoms with Crippen molar-refractivity contribution in [1.82, 2.24) is 10.2 Å². The summed E-state index contributed by atoms with van der Waals surface area (Å²) in [7, 11) is 3.28. The molecule has 2 N–H and O–H groups in total. The number of aromatic nitrogens is 2. The van der Waals surface area contributed by atoms with Crippen LogP contribution in [0.15, 0.2) is 54.9 Å². The van der Waals surface area contributed by atoms with Crippen molar-refractivity contribution in [1.29, 1.82) is 0 Å². The zero-order valence-corrected chi connectivity index (χ0v) is 12.5. The largest absolute Gasteiger partial charge is 0.497 e. The average Bonchev–Trinajstić information content (AvgIpc) is 3.10. The first kappa shape index (κ1) is 14.0. The van der Waals surface area contributed by atoms with Crippen molar-refractivity contribution in [2.24, 2.45) is 0 Å². The number of aromatic amines is 1. The molecule has 3 aromatic rings. The van der Waals surface area contributed by atoms with Crippen molar-refractivity contribution in [3.05, 3.63) is 54.9 Å². The van der Waals surface area contributed by atoms with E-state index in [0.717, 1.165) is 34.0 Å². The second kappa shape index (κ2) is 6.22. The highest BCUT2D eigenvalue weighted by molar-refractivity contribution is 5.81. The van der Waals surface area contributed by atoms with Crippen LogP contribution in [0.1, 0.15) is 0 Å². The molecule has 0 aliphatic rings. The van der Waals surface area contributed by atoms with E-state index >= 15 is 0 Å². The van der Waals surface area contributed by atoms with E-state index in [2.05, 4.69) is 15.5 Å². The van der Waals surface area contributed by atoms with Gasteiger partial charge in [0.2, 0.25) is 0 Å². The molecule has 0 aliphatic carbocycles. The molecule has 2 aromatic carbocycles. The number of nitrogens with zero attached hydrogens (tertiary/aromatic N) is 1. The molecular formula is C17H17N3O2. The van der Waals surface area contributed by atoms with Gasteiger partial charge in [-0.25, -0.2) is 0 Å². The molecule has 0 saturated heterocycles. The summed E-state index contributed by atoms with van der Waals surface area (Å²) in [5.74, 6) is 1.48. The fraction of sp³-hybridized carbons (Fsp3) is 0.118. The molecule has 0 unspecified atom stereocenters. The zero-order chi connectivity index (χ0) is 15.4. The van der Waals surface area contributed by atoms with Crippen LogP contribution < -0.4 is 14.8 Å². The highest BCUT2D eigenvalue weighted by Gasteiger charge is 2.09. The smallest absolute Gasteiger partial charge is 0.145 e. The second-order valence-electron chi connectivity index (χ2n) is 4.72. The number of ether oxygens (including phenoxy) is 2. The minimum atomic E-state index is 0.723. The number of nitrogens with one attached hydrogen (secondary N) is 2. The molecule has 5 heteroatoms. The van der Waals surface area contributed by atoms with Crippen molar-refractivity contribution in [3.63, 3.8) is 0 Å². The Morgan fingerprint density at radius 1 is 1.00 bits per heavy atom. The van der Waals surface area contributed by atoms with Gasteiger partial charge in [0.05, 0.1) is 26.1 Å². The summed E-state index contributed by atoms with van der Waals surface area (Å²) >= 11 is 0. The van der Waals surface area contributed by atoms with E-state index in [-0.39, 0.29) is 0 Å². The number of anilines is 2. The van der Waals surface area contributed by atoms with Gasteiger partial charge < -0.3 is 14.8 Å². The maximum atomic E-state index is 5.43.